The molecule has 4 heteroatoms. The van der Waals surface area contributed by atoms with E-state index in [0.29, 0.717) is 23.3 Å². The highest BCUT2D eigenvalue weighted by atomic mass is 19.1. The van der Waals surface area contributed by atoms with Crippen molar-refractivity contribution in [3.05, 3.63) is 29.1 Å². The summed E-state index contributed by atoms with van der Waals surface area (Å²) < 4.78 is 18.4. The monoisotopic (exact) mass is 213 g/mol. The maximum absolute atomic E-state index is 13.4. The van der Waals surface area contributed by atoms with Gasteiger partial charge in [-0.05, 0) is 18.1 Å². The fourth-order valence-corrected chi connectivity index (χ4v) is 1.45. The number of hydrogen-bond donors (Lipinski definition) is 2. The molecule has 15 heavy (non-hydrogen) atoms. The highest BCUT2D eigenvalue weighted by Crippen LogP contribution is 2.27. The number of ether oxygens (including phenoxy) is 1. The van der Waals surface area contributed by atoms with E-state index in [1.54, 1.807) is 6.07 Å². The molecule has 0 aliphatic heterocycles. The minimum absolute atomic E-state index is 0.189. The Kier molecular flexibility index (Phi) is 4.05. The Bertz CT molecular complexity index is 342. The van der Waals surface area contributed by atoms with Crippen LogP contribution in [0.3, 0.4) is 0 Å². The van der Waals surface area contributed by atoms with Crippen LogP contribution in [0.25, 0.3) is 0 Å². The number of halogens is 1. The molecule has 1 aromatic carbocycles. The van der Waals surface area contributed by atoms with E-state index in [2.05, 4.69) is 0 Å². The van der Waals surface area contributed by atoms with E-state index in [1.807, 2.05) is 6.92 Å². The fraction of sp³-hybridized carbons (Fsp3) is 0.455. The van der Waals surface area contributed by atoms with Crippen molar-refractivity contribution in [2.24, 2.45) is 5.73 Å². The molecule has 0 heterocycles. The normalized spacial score (nSPS) is 12.6. The summed E-state index contributed by atoms with van der Waals surface area (Å²) in [7, 11) is 1.45. The van der Waals surface area contributed by atoms with E-state index < -0.39 is 6.04 Å². The van der Waals surface area contributed by atoms with Gasteiger partial charge in [0.1, 0.15) is 11.6 Å². The Morgan fingerprint density at radius 2 is 2.20 bits per heavy atom. The number of rotatable bonds is 4. The van der Waals surface area contributed by atoms with Gasteiger partial charge in [-0.1, -0.05) is 6.92 Å². The highest BCUT2D eigenvalue weighted by Gasteiger charge is 2.14. The molecule has 0 radical (unpaired) electrons. The van der Waals surface area contributed by atoms with Crippen molar-refractivity contribution in [3.8, 4) is 5.75 Å². The number of aliphatic hydroxyl groups excluding tert-OH is 1. The third-order valence-electron chi connectivity index (χ3n) is 2.38. The van der Waals surface area contributed by atoms with Gasteiger partial charge in [-0.25, -0.2) is 4.39 Å². The summed E-state index contributed by atoms with van der Waals surface area (Å²) in [6.45, 7) is 1.67. The van der Waals surface area contributed by atoms with Crippen LogP contribution in [-0.4, -0.2) is 18.8 Å². The summed E-state index contributed by atoms with van der Waals surface area (Å²) in [5.74, 6) is 0.0782. The van der Waals surface area contributed by atoms with Crippen molar-refractivity contribution >= 4 is 0 Å². The molecule has 0 fully saturated rings. The molecule has 1 unspecified atom stereocenters. The standard InChI is InChI=1S/C11H16FNO2/c1-3-7-4-8(10(13)6-14)11(15-2)5-9(7)12/h4-5,10,14H,3,6,13H2,1-2H3. The van der Waals surface area contributed by atoms with Crippen LogP contribution in [0.1, 0.15) is 24.1 Å². The van der Waals surface area contributed by atoms with E-state index in [1.165, 1.54) is 13.2 Å². The first-order valence-corrected chi connectivity index (χ1v) is 4.86. The number of aryl methyl sites for hydroxylation is 1. The summed E-state index contributed by atoms with van der Waals surface area (Å²) in [6, 6.07) is 2.42. The van der Waals surface area contributed by atoms with Gasteiger partial charge in [0, 0.05) is 11.6 Å². The molecule has 0 saturated carbocycles. The fourth-order valence-electron chi connectivity index (χ4n) is 1.45. The van der Waals surface area contributed by atoms with Crippen LogP contribution < -0.4 is 10.5 Å². The SMILES string of the molecule is CCc1cc(C(N)CO)c(OC)cc1F. The first kappa shape index (κ1) is 11.9. The topological polar surface area (TPSA) is 55.5 Å². The van der Waals surface area contributed by atoms with E-state index in [0.717, 1.165) is 0 Å². The van der Waals surface area contributed by atoms with Gasteiger partial charge in [-0.2, -0.15) is 0 Å². The maximum Gasteiger partial charge on any atom is 0.130 e. The highest BCUT2D eigenvalue weighted by molar-refractivity contribution is 5.40. The van der Waals surface area contributed by atoms with Crippen molar-refractivity contribution in [2.75, 3.05) is 13.7 Å². The van der Waals surface area contributed by atoms with Crippen molar-refractivity contribution in [3.63, 3.8) is 0 Å². The molecule has 0 bridgehead atoms. The summed E-state index contributed by atoms with van der Waals surface area (Å²) in [5, 5.41) is 8.97. The molecule has 0 aliphatic rings. The number of aliphatic hydroxyl groups is 1. The van der Waals surface area contributed by atoms with Gasteiger partial charge < -0.3 is 15.6 Å². The quantitative estimate of drug-likeness (QED) is 0.794. The third kappa shape index (κ3) is 2.46. The summed E-state index contributed by atoms with van der Waals surface area (Å²) in [5.41, 5.74) is 6.91. The molecule has 3 nitrogen and oxygen atoms in total. The molecule has 3 N–H and O–H groups in total. The lowest BCUT2D eigenvalue weighted by atomic mass is 10.0. The van der Waals surface area contributed by atoms with Crippen LogP contribution in [0, 0.1) is 5.82 Å². The van der Waals surface area contributed by atoms with Crippen LogP contribution in [0.2, 0.25) is 0 Å². The first-order valence-electron chi connectivity index (χ1n) is 4.86. The first-order chi connectivity index (χ1) is 7.13. The zero-order valence-corrected chi connectivity index (χ0v) is 8.96. The predicted octanol–water partition coefficient (Wildman–Crippen LogP) is 1.39. The van der Waals surface area contributed by atoms with Crippen LogP contribution in [0.15, 0.2) is 12.1 Å². The van der Waals surface area contributed by atoms with Crippen LogP contribution in [0.5, 0.6) is 5.75 Å². The predicted molar refractivity (Wildman–Crippen MR) is 56.3 cm³/mol. The van der Waals surface area contributed by atoms with Gasteiger partial charge in [-0.3, -0.25) is 0 Å². The Morgan fingerprint density at radius 1 is 1.53 bits per heavy atom. The van der Waals surface area contributed by atoms with Gasteiger partial charge in [0.15, 0.2) is 0 Å². The van der Waals surface area contributed by atoms with Crippen molar-refractivity contribution < 1.29 is 14.2 Å². The van der Waals surface area contributed by atoms with Crippen LogP contribution in [-0.2, 0) is 6.42 Å². The van der Waals surface area contributed by atoms with Crippen molar-refractivity contribution in [2.45, 2.75) is 19.4 Å². The number of hydrogen-bond acceptors (Lipinski definition) is 3. The summed E-state index contributed by atoms with van der Waals surface area (Å²) in [4.78, 5) is 0. The van der Waals surface area contributed by atoms with E-state index in [-0.39, 0.29) is 12.4 Å². The van der Waals surface area contributed by atoms with Gasteiger partial charge in [0.05, 0.1) is 19.8 Å². The van der Waals surface area contributed by atoms with E-state index in [4.69, 9.17) is 15.6 Å². The van der Waals surface area contributed by atoms with E-state index in [9.17, 15) is 4.39 Å². The average Bonchev–Trinajstić information content (AvgIpc) is 2.27. The Balaban J connectivity index is 3.22. The van der Waals surface area contributed by atoms with Gasteiger partial charge in [-0.15, -0.1) is 0 Å². The number of benzene rings is 1. The Labute approximate surface area is 88.7 Å². The second kappa shape index (κ2) is 5.09. The summed E-state index contributed by atoms with van der Waals surface area (Å²) in [6.07, 6.45) is 0.584. The number of nitrogens with two attached hydrogens (primary N) is 1. The molecule has 0 spiro atoms. The average molecular weight is 213 g/mol. The molecule has 1 atom stereocenters. The Morgan fingerprint density at radius 3 is 2.67 bits per heavy atom. The maximum atomic E-state index is 13.4. The molecule has 0 saturated heterocycles. The smallest absolute Gasteiger partial charge is 0.130 e. The Hall–Kier alpha value is -1.13. The second-order valence-corrected chi connectivity index (χ2v) is 3.33. The molecular formula is C11H16FNO2. The van der Waals surface area contributed by atoms with Gasteiger partial charge >= 0.3 is 0 Å². The second-order valence-electron chi connectivity index (χ2n) is 3.33. The van der Waals surface area contributed by atoms with Crippen LogP contribution in [0.4, 0.5) is 4.39 Å². The minimum Gasteiger partial charge on any atom is -0.496 e. The molecule has 1 rings (SSSR count). The molecule has 0 aromatic heterocycles. The zero-order chi connectivity index (χ0) is 11.4. The molecule has 0 amide bonds. The van der Waals surface area contributed by atoms with Gasteiger partial charge in [0.2, 0.25) is 0 Å². The molecule has 1 aromatic rings. The number of methoxy groups -OCH3 is 1. The van der Waals surface area contributed by atoms with Gasteiger partial charge in [0.25, 0.3) is 0 Å². The lowest BCUT2D eigenvalue weighted by molar-refractivity contribution is 0.264. The zero-order valence-electron chi connectivity index (χ0n) is 8.96. The van der Waals surface area contributed by atoms with Crippen LogP contribution >= 0.6 is 0 Å². The molecule has 84 valence electrons. The summed E-state index contributed by atoms with van der Waals surface area (Å²) >= 11 is 0. The molecule has 0 aliphatic carbocycles. The third-order valence-corrected chi connectivity index (χ3v) is 2.38. The minimum atomic E-state index is -0.536. The lowest BCUT2D eigenvalue weighted by Gasteiger charge is -2.15. The molecular weight excluding hydrogens is 197 g/mol. The largest absolute Gasteiger partial charge is 0.496 e. The van der Waals surface area contributed by atoms with E-state index >= 15 is 0 Å². The lowest BCUT2D eigenvalue weighted by Crippen LogP contribution is -2.16. The van der Waals surface area contributed by atoms with Crippen molar-refractivity contribution in [1.82, 2.24) is 0 Å². The van der Waals surface area contributed by atoms with Crippen molar-refractivity contribution in [1.29, 1.82) is 0 Å².